The van der Waals surface area contributed by atoms with Crippen LogP contribution in [0.1, 0.15) is 63.8 Å². The molecule has 136 valence electrons. The second-order valence-corrected chi connectivity index (χ2v) is 8.87. The van der Waals surface area contributed by atoms with Crippen LogP contribution in [0.25, 0.3) is 0 Å². The molecule has 0 saturated heterocycles. The molecule has 2 rings (SSSR count). The van der Waals surface area contributed by atoms with Crippen molar-refractivity contribution in [3.63, 3.8) is 0 Å². The molecule has 0 unspecified atom stereocenters. The minimum Gasteiger partial charge on any atom is -0.504 e. The summed E-state index contributed by atoms with van der Waals surface area (Å²) in [6.45, 7) is 16.6. The molecule has 0 spiro atoms. The van der Waals surface area contributed by atoms with Gasteiger partial charge in [-0.15, -0.1) is 0 Å². The van der Waals surface area contributed by atoms with Gasteiger partial charge in [-0.3, -0.25) is 0 Å². The minimum absolute atomic E-state index is 0.0623. The summed E-state index contributed by atoms with van der Waals surface area (Å²) in [5, 5.41) is 20.8. The molecule has 2 aromatic carbocycles. The molecule has 0 radical (unpaired) electrons. The highest BCUT2D eigenvalue weighted by atomic mass is 16.5. The zero-order valence-electron chi connectivity index (χ0n) is 16.6. The lowest BCUT2D eigenvalue weighted by atomic mass is 9.83. The van der Waals surface area contributed by atoms with Crippen molar-refractivity contribution in [1.82, 2.24) is 0 Å². The van der Waals surface area contributed by atoms with E-state index < -0.39 is 0 Å². The molecule has 3 heteroatoms. The predicted molar refractivity (Wildman–Crippen MR) is 103 cm³/mol. The lowest BCUT2D eigenvalue weighted by molar-refractivity contribution is 0.382. The van der Waals surface area contributed by atoms with E-state index in [9.17, 15) is 10.2 Å². The summed E-state index contributed by atoms with van der Waals surface area (Å²) < 4.78 is 5.84. The molecule has 0 aliphatic carbocycles. The van der Waals surface area contributed by atoms with E-state index in [-0.39, 0.29) is 22.3 Å². The van der Waals surface area contributed by atoms with E-state index >= 15 is 0 Å². The number of aryl methyl sites for hydroxylation is 2. The Morgan fingerprint density at radius 2 is 0.960 bits per heavy atom. The summed E-state index contributed by atoms with van der Waals surface area (Å²) in [5.41, 5.74) is 4.10. The monoisotopic (exact) mass is 342 g/mol. The SMILES string of the molecule is Cc1cc(Oc2cc(C)c(C(C)(C)C)cc2O)c(O)cc1C(C)(C)C. The average molecular weight is 342 g/mol. The third-order valence-electron chi connectivity index (χ3n) is 4.45. The first-order valence-electron chi connectivity index (χ1n) is 8.66. The molecule has 3 nitrogen and oxygen atoms in total. The summed E-state index contributed by atoms with van der Waals surface area (Å²) in [7, 11) is 0. The van der Waals surface area contributed by atoms with Crippen molar-refractivity contribution >= 4 is 0 Å². The van der Waals surface area contributed by atoms with Crippen molar-refractivity contribution in [1.29, 1.82) is 0 Å². The number of phenolic OH excluding ortho intramolecular Hbond substituents is 2. The Kier molecular flexibility index (Phi) is 4.82. The van der Waals surface area contributed by atoms with E-state index in [2.05, 4.69) is 41.5 Å². The van der Waals surface area contributed by atoms with Crippen LogP contribution in [0.3, 0.4) is 0 Å². The normalized spacial score (nSPS) is 12.3. The number of phenols is 2. The van der Waals surface area contributed by atoms with Gasteiger partial charge < -0.3 is 14.9 Å². The van der Waals surface area contributed by atoms with Crippen molar-refractivity contribution < 1.29 is 14.9 Å². The zero-order valence-corrected chi connectivity index (χ0v) is 16.6. The molecule has 0 amide bonds. The van der Waals surface area contributed by atoms with Gasteiger partial charge in [0.1, 0.15) is 0 Å². The first-order chi connectivity index (χ1) is 11.3. The molecule has 0 atom stereocenters. The Morgan fingerprint density at radius 1 is 0.640 bits per heavy atom. The van der Waals surface area contributed by atoms with Crippen molar-refractivity contribution in [2.75, 3.05) is 0 Å². The average Bonchev–Trinajstić information content (AvgIpc) is 2.43. The van der Waals surface area contributed by atoms with Crippen molar-refractivity contribution in [3.05, 3.63) is 46.5 Å². The number of hydrogen-bond donors (Lipinski definition) is 2. The predicted octanol–water partition coefficient (Wildman–Crippen LogP) is 6.10. The summed E-state index contributed by atoms with van der Waals surface area (Å²) >= 11 is 0. The van der Waals surface area contributed by atoms with Gasteiger partial charge in [0.2, 0.25) is 0 Å². The lowest BCUT2D eigenvalue weighted by Crippen LogP contribution is -2.13. The van der Waals surface area contributed by atoms with Crippen LogP contribution in [0.5, 0.6) is 23.0 Å². The molecule has 0 heterocycles. The fourth-order valence-corrected chi connectivity index (χ4v) is 3.24. The lowest BCUT2D eigenvalue weighted by Gasteiger charge is -2.24. The molecule has 0 aliphatic heterocycles. The van der Waals surface area contributed by atoms with Crippen LogP contribution < -0.4 is 4.74 Å². The summed E-state index contributed by atoms with van der Waals surface area (Å²) in [5.74, 6) is 0.854. The van der Waals surface area contributed by atoms with Crippen LogP contribution in [0.15, 0.2) is 24.3 Å². The Balaban J connectivity index is 2.44. The van der Waals surface area contributed by atoms with Crippen LogP contribution in [0, 0.1) is 13.8 Å². The highest BCUT2D eigenvalue weighted by Crippen LogP contribution is 2.41. The van der Waals surface area contributed by atoms with E-state index in [1.807, 2.05) is 26.0 Å². The number of benzene rings is 2. The second-order valence-electron chi connectivity index (χ2n) is 8.87. The van der Waals surface area contributed by atoms with Crippen LogP contribution >= 0.6 is 0 Å². The number of rotatable bonds is 2. The Labute approximate surface area is 151 Å². The van der Waals surface area contributed by atoms with Gasteiger partial charge in [0.15, 0.2) is 23.0 Å². The molecule has 2 N–H and O–H groups in total. The first kappa shape index (κ1) is 19.2. The molecule has 0 aliphatic rings. The van der Waals surface area contributed by atoms with E-state index in [4.69, 9.17) is 4.74 Å². The topological polar surface area (TPSA) is 49.7 Å². The van der Waals surface area contributed by atoms with Gasteiger partial charge in [-0.1, -0.05) is 41.5 Å². The minimum atomic E-state index is -0.0623. The van der Waals surface area contributed by atoms with E-state index in [0.29, 0.717) is 11.5 Å². The van der Waals surface area contributed by atoms with Gasteiger partial charge in [0.05, 0.1) is 0 Å². The van der Waals surface area contributed by atoms with E-state index in [1.54, 1.807) is 12.1 Å². The fourth-order valence-electron chi connectivity index (χ4n) is 3.24. The molecule has 25 heavy (non-hydrogen) atoms. The van der Waals surface area contributed by atoms with Gasteiger partial charge in [-0.05, 0) is 71.2 Å². The molecular weight excluding hydrogens is 312 g/mol. The third-order valence-corrected chi connectivity index (χ3v) is 4.45. The third kappa shape index (κ3) is 4.09. The smallest absolute Gasteiger partial charge is 0.169 e. The molecule has 0 saturated carbocycles. The van der Waals surface area contributed by atoms with Crippen LogP contribution in [-0.4, -0.2) is 10.2 Å². The Hall–Kier alpha value is -2.16. The number of aromatic hydroxyl groups is 2. The van der Waals surface area contributed by atoms with Crippen molar-refractivity contribution in [2.24, 2.45) is 0 Å². The Morgan fingerprint density at radius 3 is 1.24 bits per heavy atom. The Bertz CT molecular complexity index is 723. The molecule has 0 aromatic heterocycles. The number of hydrogen-bond acceptors (Lipinski definition) is 3. The van der Waals surface area contributed by atoms with Gasteiger partial charge in [-0.2, -0.15) is 0 Å². The molecule has 0 fully saturated rings. The quantitative estimate of drug-likeness (QED) is 0.693. The standard InChI is InChI=1S/C22H30O3/c1-13-9-19(17(23)11-15(13)21(3,4)5)25-20-10-14(2)16(12-18(20)24)22(6,7)8/h9-12,23-24H,1-8H3. The van der Waals surface area contributed by atoms with Gasteiger partial charge >= 0.3 is 0 Å². The van der Waals surface area contributed by atoms with Crippen LogP contribution in [0.2, 0.25) is 0 Å². The summed E-state index contributed by atoms with van der Waals surface area (Å²) in [6.07, 6.45) is 0. The highest BCUT2D eigenvalue weighted by Gasteiger charge is 2.22. The highest BCUT2D eigenvalue weighted by molar-refractivity contribution is 5.54. The first-order valence-corrected chi connectivity index (χ1v) is 8.66. The maximum absolute atomic E-state index is 10.4. The zero-order chi connectivity index (χ0) is 19.2. The summed E-state index contributed by atoms with van der Waals surface area (Å²) in [4.78, 5) is 0. The molecule has 2 aromatic rings. The van der Waals surface area contributed by atoms with E-state index in [0.717, 1.165) is 22.3 Å². The van der Waals surface area contributed by atoms with Gasteiger partial charge in [-0.25, -0.2) is 0 Å². The largest absolute Gasteiger partial charge is 0.504 e. The van der Waals surface area contributed by atoms with Crippen LogP contribution in [0.4, 0.5) is 0 Å². The second kappa shape index (κ2) is 6.29. The van der Waals surface area contributed by atoms with Gasteiger partial charge in [0.25, 0.3) is 0 Å². The van der Waals surface area contributed by atoms with E-state index in [1.165, 1.54) is 0 Å². The summed E-state index contributed by atoms with van der Waals surface area (Å²) in [6, 6.07) is 7.14. The molecule has 0 bridgehead atoms. The molecular formula is C22H30O3. The number of ether oxygens (including phenoxy) is 1. The van der Waals surface area contributed by atoms with Crippen molar-refractivity contribution in [2.45, 2.75) is 66.2 Å². The fraction of sp³-hybridized carbons (Fsp3) is 0.455. The van der Waals surface area contributed by atoms with Crippen LogP contribution in [-0.2, 0) is 10.8 Å². The van der Waals surface area contributed by atoms with Crippen molar-refractivity contribution in [3.8, 4) is 23.0 Å². The maximum Gasteiger partial charge on any atom is 0.169 e. The maximum atomic E-state index is 10.4. The van der Waals surface area contributed by atoms with Gasteiger partial charge in [0, 0.05) is 0 Å².